The highest BCUT2D eigenvalue weighted by Gasteiger charge is 2.25. The highest BCUT2D eigenvalue weighted by Crippen LogP contribution is 2.16. The lowest BCUT2D eigenvalue weighted by molar-refractivity contribution is 0.0653. The maximum atomic E-state index is 12.6. The van der Waals surface area contributed by atoms with Crippen LogP contribution in [0.4, 0.5) is 5.95 Å². The fraction of sp³-hybridized carbons (Fsp3) is 0.286. The molecule has 26 heavy (non-hydrogen) atoms. The van der Waals surface area contributed by atoms with Crippen molar-refractivity contribution in [3.05, 3.63) is 40.8 Å². The van der Waals surface area contributed by atoms with Crippen LogP contribution in [0.25, 0.3) is 0 Å². The minimum Gasteiger partial charge on any atom is -0.471 e. The second-order valence-electron chi connectivity index (χ2n) is 5.09. The third-order valence-corrected chi connectivity index (χ3v) is 4.70. The van der Waals surface area contributed by atoms with E-state index < -0.39 is 10.0 Å². The zero-order valence-corrected chi connectivity index (χ0v) is 15.2. The van der Waals surface area contributed by atoms with E-state index in [1.54, 1.807) is 19.1 Å². The molecule has 0 spiro atoms. The number of hydrogen-bond acceptors (Lipinski definition) is 9. The number of hydrogen-bond donors (Lipinski definition) is 2. The first-order valence-corrected chi connectivity index (χ1v) is 9.35. The Bertz CT molecular complexity index is 917. The van der Waals surface area contributed by atoms with Gasteiger partial charge in [0.1, 0.15) is 11.8 Å². The molecule has 0 aliphatic carbocycles. The van der Waals surface area contributed by atoms with E-state index in [-0.39, 0.29) is 40.9 Å². The van der Waals surface area contributed by atoms with Crippen LogP contribution in [0.2, 0.25) is 5.15 Å². The number of aromatic nitrogens is 3. The quantitative estimate of drug-likeness (QED) is 0.542. The zero-order chi connectivity index (χ0) is 18.6. The third-order valence-electron chi connectivity index (χ3n) is 3.15. The summed E-state index contributed by atoms with van der Waals surface area (Å²) in [5.74, 6) is 0.263. The lowest BCUT2D eigenvalue weighted by Crippen LogP contribution is -2.32. The molecule has 0 atom stereocenters. The van der Waals surface area contributed by atoms with E-state index in [1.807, 2.05) is 0 Å². The topological polar surface area (TPSA) is 128 Å². The second-order valence-corrected chi connectivity index (χ2v) is 7.16. The minimum absolute atomic E-state index is 0.0616. The first-order chi connectivity index (χ1) is 12.5. The summed E-state index contributed by atoms with van der Waals surface area (Å²) in [4.78, 5) is 16.9. The van der Waals surface area contributed by atoms with Crippen LogP contribution < -0.4 is 10.0 Å². The standard InChI is InChI=1S/C14H15ClN6O4S/c1-9-7-11(15)20-14(19-9)17-8-18-26(22,23)13-10(3-2-4-16-13)12-21-25-6-5-24-12/h2-4,7,18H,5-6,8H2,1H3,(H,17,19,20). The number of pyridine rings is 1. The molecule has 2 N–H and O–H groups in total. The van der Waals surface area contributed by atoms with Crippen molar-refractivity contribution in [1.29, 1.82) is 0 Å². The van der Waals surface area contributed by atoms with Crippen molar-refractivity contribution >= 4 is 33.5 Å². The lowest BCUT2D eigenvalue weighted by Gasteiger charge is -2.16. The van der Waals surface area contributed by atoms with Crippen molar-refractivity contribution in [2.75, 3.05) is 25.2 Å². The molecule has 0 saturated heterocycles. The highest BCUT2D eigenvalue weighted by atomic mass is 35.5. The van der Waals surface area contributed by atoms with Gasteiger partial charge in [0.2, 0.25) is 5.95 Å². The van der Waals surface area contributed by atoms with E-state index in [9.17, 15) is 8.42 Å². The number of sulfonamides is 1. The Kier molecular flexibility index (Phi) is 5.49. The van der Waals surface area contributed by atoms with Crippen molar-refractivity contribution in [3.8, 4) is 0 Å². The Balaban J connectivity index is 1.75. The van der Waals surface area contributed by atoms with Gasteiger partial charge < -0.3 is 14.9 Å². The largest absolute Gasteiger partial charge is 0.471 e. The number of halogens is 1. The van der Waals surface area contributed by atoms with Crippen LogP contribution in [-0.2, 0) is 19.6 Å². The van der Waals surface area contributed by atoms with Crippen LogP contribution in [0.5, 0.6) is 0 Å². The fourth-order valence-corrected chi connectivity index (χ4v) is 3.37. The van der Waals surface area contributed by atoms with Crippen molar-refractivity contribution < 1.29 is 18.0 Å². The molecule has 12 heteroatoms. The van der Waals surface area contributed by atoms with Gasteiger partial charge in [0.05, 0.1) is 12.2 Å². The van der Waals surface area contributed by atoms with Crippen molar-refractivity contribution in [2.45, 2.75) is 11.9 Å². The van der Waals surface area contributed by atoms with Crippen LogP contribution in [-0.4, -0.2) is 49.1 Å². The van der Waals surface area contributed by atoms with Crippen LogP contribution in [0, 0.1) is 6.92 Å². The summed E-state index contributed by atoms with van der Waals surface area (Å²) in [5, 5.41) is 6.50. The third kappa shape index (κ3) is 4.36. The van der Waals surface area contributed by atoms with E-state index in [0.29, 0.717) is 12.3 Å². The summed E-state index contributed by atoms with van der Waals surface area (Å²) >= 11 is 5.84. The van der Waals surface area contributed by atoms with Crippen molar-refractivity contribution in [2.24, 2.45) is 5.16 Å². The number of rotatable bonds is 6. The summed E-state index contributed by atoms with van der Waals surface area (Å²) in [6.07, 6.45) is 1.36. The van der Waals surface area contributed by atoms with Crippen LogP contribution >= 0.6 is 11.6 Å². The SMILES string of the molecule is Cc1cc(Cl)nc(NCNS(=O)(=O)c2ncccc2C2=NOCCO2)n1. The predicted octanol–water partition coefficient (Wildman–Crippen LogP) is 0.890. The molecule has 0 unspecified atom stereocenters. The monoisotopic (exact) mass is 398 g/mol. The number of oxime groups is 1. The molecule has 0 fully saturated rings. The van der Waals surface area contributed by atoms with Crippen molar-refractivity contribution in [1.82, 2.24) is 19.7 Å². The summed E-state index contributed by atoms with van der Waals surface area (Å²) in [5.41, 5.74) is 0.851. The van der Waals surface area contributed by atoms with E-state index >= 15 is 0 Å². The van der Waals surface area contributed by atoms with Crippen LogP contribution in [0.3, 0.4) is 0 Å². The summed E-state index contributed by atoms with van der Waals surface area (Å²) in [6, 6.07) is 4.70. The Morgan fingerprint density at radius 2 is 2.15 bits per heavy atom. The Labute approximate surface area is 154 Å². The van der Waals surface area contributed by atoms with Gasteiger partial charge in [-0.15, -0.1) is 0 Å². The normalized spacial score (nSPS) is 14.2. The van der Waals surface area contributed by atoms with Gasteiger partial charge in [0, 0.05) is 11.9 Å². The molecule has 3 rings (SSSR count). The van der Waals surface area contributed by atoms with Gasteiger partial charge in [-0.3, -0.25) is 0 Å². The van der Waals surface area contributed by atoms with Crippen molar-refractivity contribution in [3.63, 3.8) is 0 Å². The molecule has 2 aromatic rings. The number of anilines is 1. The van der Waals surface area contributed by atoms with E-state index in [1.165, 1.54) is 12.3 Å². The molecule has 3 heterocycles. The molecule has 1 aliphatic heterocycles. The zero-order valence-electron chi connectivity index (χ0n) is 13.6. The molecule has 10 nitrogen and oxygen atoms in total. The van der Waals surface area contributed by atoms with E-state index in [2.05, 4.69) is 30.1 Å². The van der Waals surface area contributed by atoms with E-state index in [0.717, 1.165) is 0 Å². The average molecular weight is 399 g/mol. The number of nitrogens with one attached hydrogen (secondary N) is 2. The first kappa shape index (κ1) is 18.3. The average Bonchev–Trinajstić information content (AvgIpc) is 2.61. The molecule has 1 aliphatic rings. The lowest BCUT2D eigenvalue weighted by atomic mass is 10.3. The highest BCUT2D eigenvalue weighted by molar-refractivity contribution is 7.89. The smallest absolute Gasteiger partial charge is 0.260 e. The summed E-state index contributed by atoms with van der Waals surface area (Å²) in [7, 11) is -3.96. The maximum absolute atomic E-state index is 12.6. The van der Waals surface area contributed by atoms with Gasteiger partial charge in [0.15, 0.2) is 11.6 Å². The number of nitrogens with zero attached hydrogens (tertiary/aromatic N) is 4. The van der Waals surface area contributed by atoms with Crippen LogP contribution in [0.15, 0.2) is 34.6 Å². The molecule has 0 bridgehead atoms. The Hall–Kier alpha value is -2.50. The van der Waals surface area contributed by atoms with Gasteiger partial charge in [-0.05, 0) is 30.3 Å². The fourth-order valence-electron chi connectivity index (χ4n) is 2.09. The summed E-state index contributed by atoms with van der Waals surface area (Å²) in [6.45, 7) is 2.15. The minimum atomic E-state index is -3.96. The van der Waals surface area contributed by atoms with Gasteiger partial charge in [0.25, 0.3) is 15.9 Å². The van der Waals surface area contributed by atoms with Gasteiger partial charge in [-0.25, -0.2) is 23.4 Å². The van der Waals surface area contributed by atoms with Gasteiger partial charge >= 0.3 is 0 Å². The molecular formula is C14H15ClN6O4S. The molecule has 2 aromatic heterocycles. The molecule has 0 aromatic carbocycles. The molecular weight excluding hydrogens is 384 g/mol. The summed E-state index contributed by atoms with van der Waals surface area (Å²) < 4.78 is 32.9. The molecule has 0 saturated carbocycles. The van der Waals surface area contributed by atoms with E-state index in [4.69, 9.17) is 21.2 Å². The second kappa shape index (κ2) is 7.81. The number of ether oxygens (including phenoxy) is 1. The first-order valence-electron chi connectivity index (χ1n) is 7.48. The number of aryl methyl sites for hydroxylation is 1. The molecule has 138 valence electrons. The van der Waals surface area contributed by atoms with Gasteiger partial charge in [-0.2, -0.15) is 4.72 Å². The Morgan fingerprint density at radius 3 is 2.88 bits per heavy atom. The maximum Gasteiger partial charge on any atom is 0.260 e. The molecule has 0 amide bonds. The Morgan fingerprint density at radius 1 is 1.31 bits per heavy atom. The molecule has 0 radical (unpaired) electrons. The predicted molar refractivity (Wildman–Crippen MR) is 93.3 cm³/mol. The van der Waals surface area contributed by atoms with Crippen LogP contribution in [0.1, 0.15) is 11.3 Å². The van der Waals surface area contributed by atoms with Gasteiger partial charge in [-0.1, -0.05) is 11.6 Å².